The molecule has 0 aliphatic rings. The molecule has 4 nitrogen and oxygen atoms in total. The van der Waals surface area contributed by atoms with E-state index in [1.165, 1.54) is 114 Å². The number of rotatable bonds is 31. The molecular formula is C46H86O4. The van der Waals surface area contributed by atoms with Gasteiger partial charge >= 0.3 is 11.9 Å². The Kier molecular flexibility index (Phi) is 29.0. The number of ether oxygens (including phenoxy) is 2. The predicted molar refractivity (Wildman–Crippen MR) is 217 cm³/mol. The van der Waals surface area contributed by atoms with Crippen LogP contribution < -0.4 is 0 Å². The molecule has 0 spiro atoms. The zero-order valence-corrected chi connectivity index (χ0v) is 35.5. The van der Waals surface area contributed by atoms with Crippen molar-refractivity contribution in [3.05, 3.63) is 23.3 Å². The van der Waals surface area contributed by atoms with Gasteiger partial charge in [-0.25, -0.2) is 0 Å². The fourth-order valence-electron chi connectivity index (χ4n) is 7.19. The molecule has 0 bridgehead atoms. The summed E-state index contributed by atoms with van der Waals surface area (Å²) in [6.45, 7) is 26.9. The summed E-state index contributed by atoms with van der Waals surface area (Å²) in [6, 6.07) is 0. The van der Waals surface area contributed by atoms with Crippen molar-refractivity contribution in [2.75, 3.05) is 0 Å². The van der Waals surface area contributed by atoms with Crippen LogP contribution in [-0.2, 0) is 19.1 Å². The second-order valence-corrected chi connectivity index (χ2v) is 17.6. The van der Waals surface area contributed by atoms with E-state index >= 15 is 0 Å². The number of hydrogen-bond acceptors (Lipinski definition) is 4. The molecule has 50 heavy (non-hydrogen) atoms. The third-order valence-electron chi connectivity index (χ3n) is 10.5. The van der Waals surface area contributed by atoms with E-state index in [1.54, 1.807) is 0 Å². The summed E-state index contributed by atoms with van der Waals surface area (Å²) < 4.78 is 11.1. The number of carbonyl (C=O) groups is 2. The summed E-state index contributed by atoms with van der Waals surface area (Å²) in [5, 5.41) is 0. The van der Waals surface area contributed by atoms with Gasteiger partial charge in [-0.15, -0.1) is 0 Å². The van der Waals surface area contributed by atoms with Crippen LogP contribution in [0.4, 0.5) is 0 Å². The van der Waals surface area contributed by atoms with E-state index in [-0.39, 0.29) is 37.0 Å². The maximum atomic E-state index is 12.4. The van der Waals surface area contributed by atoms with Gasteiger partial charge in [0.15, 0.2) is 0 Å². The molecule has 0 aromatic rings. The molecule has 0 saturated heterocycles. The first kappa shape index (κ1) is 48.4. The van der Waals surface area contributed by atoms with Crippen LogP contribution in [0.3, 0.4) is 0 Å². The molecular weight excluding hydrogens is 617 g/mol. The van der Waals surface area contributed by atoms with Gasteiger partial charge in [0.25, 0.3) is 0 Å². The van der Waals surface area contributed by atoms with Crippen molar-refractivity contribution < 1.29 is 19.1 Å². The first-order valence-corrected chi connectivity index (χ1v) is 21.3. The highest BCUT2D eigenvalue weighted by Gasteiger charge is 2.14. The Morgan fingerprint density at radius 3 is 0.940 bits per heavy atom. The van der Waals surface area contributed by atoms with Crippen LogP contribution in [0.5, 0.6) is 0 Å². The predicted octanol–water partition coefficient (Wildman–Crippen LogP) is 14.4. The van der Waals surface area contributed by atoms with Gasteiger partial charge in [-0.2, -0.15) is 0 Å². The van der Waals surface area contributed by atoms with Gasteiger partial charge in [0, 0.05) is 0 Å². The van der Waals surface area contributed by atoms with E-state index in [0.717, 1.165) is 48.3 Å². The smallest absolute Gasteiger partial charge is 0.306 e. The molecule has 0 aromatic carbocycles. The van der Waals surface area contributed by atoms with Gasteiger partial charge in [0.05, 0.1) is 12.8 Å². The largest absolute Gasteiger partial charge is 0.458 e. The van der Waals surface area contributed by atoms with Crippen LogP contribution in [0.2, 0.25) is 0 Å². The first-order chi connectivity index (χ1) is 23.6. The second kappa shape index (κ2) is 29.9. The highest BCUT2D eigenvalue weighted by Crippen LogP contribution is 2.24. The maximum absolute atomic E-state index is 12.4. The molecule has 0 saturated carbocycles. The lowest BCUT2D eigenvalue weighted by Crippen LogP contribution is -2.17. The molecule has 0 N–H and O–H groups in total. The minimum atomic E-state index is -0.348. The average molecular weight is 703 g/mol. The van der Waals surface area contributed by atoms with Crippen molar-refractivity contribution in [2.45, 2.75) is 224 Å². The summed E-state index contributed by atoms with van der Waals surface area (Å²) in [4.78, 5) is 24.8. The fourth-order valence-corrected chi connectivity index (χ4v) is 7.19. The molecule has 0 radical (unpaired) electrons. The highest BCUT2D eigenvalue weighted by molar-refractivity contribution is 5.77. The Hall–Kier alpha value is -1.58. The van der Waals surface area contributed by atoms with Crippen molar-refractivity contribution in [1.82, 2.24) is 0 Å². The second-order valence-electron chi connectivity index (χ2n) is 17.6. The van der Waals surface area contributed by atoms with Gasteiger partial charge in [0.1, 0.15) is 12.2 Å². The van der Waals surface area contributed by atoms with Crippen molar-refractivity contribution in [3.8, 4) is 0 Å². The Labute approximate surface area is 312 Å². The monoisotopic (exact) mass is 703 g/mol. The standard InChI is InChI=1S/C46H86O4/c1-35(2)19-13-21-37(5)23-15-25-39(7)27-17-29-41(9)33-43(11)49-45(47)31-32-46(48)50-44(12)34-42(10)30-18-28-40(8)26-16-24-38(6)22-14-20-36(3)4/h33-40,43-44H,13-32H2,1-12H3. The van der Waals surface area contributed by atoms with Crippen molar-refractivity contribution in [3.63, 3.8) is 0 Å². The molecule has 0 aliphatic heterocycles. The van der Waals surface area contributed by atoms with Crippen molar-refractivity contribution in [1.29, 1.82) is 0 Å². The van der Waals surface area contributed by atoms with E-state index in [0.29, 0.717) is 0 Å². The Balaban J connectivity index is 4.13. The van der Waals surface area contributed by atoms with Gasteiger partial charge in [-0.3, -0.25) is 9.59 Å². The number of hydrogen-bond donors (Lipinski definition) is 0. The number of allylic oxidation sites excluding steroid dienone is 2. The highest BCUT2D eigenvalue weighted by atomic mass is 16.5. The van der Waals surface area contributed by atoms with Crippen LogP contribution >= 0.6 is 0 Å². The van der Waals surface area contributed by atoms with Crippen molar-refractivity contribution >= 4 is 11.9 Å². The average Bonchev–Trinajstić information content (AvgIpc) is 2.99. The van der Waals surface area contributed by atoms with Crippen LogP contribution in [0.15, 0.2) is 23.3 Å². The van der Waals surface area contributed by atoms with Crippen molar-refractivity contribution in [2.24, 2.45) is 35.5 Å². The molecule has 0 amide bonds. The van der Waals surface area contributed by atoms with Crippen LogP contribution in [0.25, 0.3) is 0 Å². The molecule has 0 fully saturated rings. The number of esters is 2. The Bertz CT molecular complexity index is 841. The van der Waals surface area contributed by atoms with Gasteiger partial charge < -0.3 is 9.47 Å². The van der Waals surface area contributed by atoms with Crippen LogP contribution in [0, 0.1) is 35.5 Å². The summed E-state index contributed by atoms with van der Waals surface area (Å²) in [5.74, 6) is 4.17. The Morgan fingerprint density at radius 1 is 0.400 bits per heavy atom. The summed E-state index contributed by atoms with van der Waals surface area (Å²) in [5.41, 5.74) is 2.53. The zero-order chi connectivity index (χ0) is 37.9. The molecule has 0 aliphatic carbocycles. The SMILES string of the molecule is CC(=CC(C)OC(=O)CCC(=O)OC(C)C=C(C)CCCC(C)CCCC(C)CCCC(C)C)CCCC(C)CCCC(C)CCCC(C)C. The van der Waals surface area contributed by atoms with E-state index in [1.807, 2.05) is 26.0 Å². The minimum Gasteiger partial charge on any atom is -0.458 e. The topological polar surface area (TPSA) is 52.6 Å². The molecule has 6 atom stereocenters. The zero-order valence-electron chi connectivity index (χ0n) is 35.5. The normalized spacial score (nSPS) is 16.3. The van der Waals surface area contributed by atoms with Gasteiger partial charge in [-0.1, -0.05) is 156 Å². The van der Waals surface area contributed by atoms with E-state index in [2.05, 4.69) is 69.2 Å². The molecule has 0 aromatic heterocycles. The maximum Gasteiger partial charge on any atom is 0.306 e. The summed E-state index contributed by atoms with van der Waals surface area (Å²) in [7, 11) is 0. The van der Waals surface area contributed by atoms with Gasteiger partial charge in [0.2, 0.25) is 0 Å². The minimum absolute atomic E-state index is 0.0496. The fraction of sp³-hybridized carbons (Fsp3) is 0.870. The van der Waals surface area contributed by atoms with Gasteiger partial charge in [-0.05, 0) is 101 Å². The van der Waals surface area contributed by atoms with E-state index in [9.17, 15) is 9.59 Å². The molecule has 4 heteroatoms. The van der Waals surface area contributed by atoms with E-state index < -0.39 is 0 Å². The first-order valence-electron chi connectivity index (χ1n) is 21.3. The Morgan fingerprint density at radius 2 is 0.660 bits per heavy atom. The molecule has 0 heterocycles. The molecule has 0 rings (SSSR count). The summed E-state index contributed by atoms with van der Waals surface area (Å²) in [6.07, 6.45) is 26.7. The molecule has 6 unspecified atom stereocenters. The molecule has 294 valence electrons. The lowest BCUT2D eigenvalue weighted by atomic mass is 9.91. The quantitative estimate of drug-likeness (QED) is 0.0533. The van der Waals surface area contributed by atoms with Crippen LogP contribution in [0.1, 0.15) is 212 Å². The third kappa shape index (κ3) is 31.2. The number of carbonyl (C=O) groups excluding carboxylic acids is 2. The summed E-state index contributed by atoms with van der Waals surface area (Å²) >= 11 is 0. The third-order valence-corrected chi connectivity index (χ3v) is 10.5. The van der Waals surface area contributed by atoms with Crippen LogP contribution in [-0.4, -0.2) is 24.1 Å². The van der Waals surface area contributed by atoms with E-state index in [4.69, 9.17) is 9.47 Å². The lowest BCUT2D eigenvalue weighted by molar-refractivity contribution is -0.153. The lowest BCUT2D eigenvalue weighted by Gasteiger charge is -2.15.